The fourth-order valence-corrected chi connectivity index (χ4v) is 2.47. The Balaban J connectivity index is 2.11. The van der Waals surface area contributed by atoms with Crippen LogP contribution in [0.15, 0.2) is 40.9 Å². The van der Waals surface area contributed by atoms with Crippen LogP contribution in [0.4, 0.5) is 4.39 Å². The lowest BCUT2D eigenvalue weighted by molar-refractivity contribution is 0.0979. The quantitative estimate of drug-likeness (QED) is 0.532. The van der Waals surface area contributed by atoms with Crippen molar-refractivity contribution in [2.75, 3.05) is 0 Å². The van der Waals surface area contributed by atoms with Gasteiger partial charge >= 0.3 is 0 Å². The number of aryl methyl sites for hydroxylation is 2. The van der Waals surface area contributed by atoms with E-state index in [9.17, 15) is 9.18 Å². The second kappa shape index (κ2) is 6.51. The summed E-state index contributed by atoms with van der Waals surface area (Å²) in [5, 5.41) is -0.0496. The van der Waals surface area contributed by atoms with E-state index in [1.165, 1.54) is 6.07 Å². The summed E-state index contributed by atoms with van der Waals surface area (Å²) in [7, 11) is 0. The number of rotatable bonds is 4. The highest BCUT2D eigenvalue weighted by molar-refractivity contribution is 9.10. The average Bonchev–Trinajstić information content (AvgIpc) is 2.42. The number of hydrogen-bond donors (Lipinski definition) is 0. The Kier molecular flexibility index (Phi) is 4.95. The van der Waals surface area contributed by atoms with Gasteiger partial charge in [-0.3, -0.25) is 4.79 Å². The van der Waals surface area contributed by atoms with Gasteiger partial charge in [-0.25, -0.2) is 4.39 Å². The molecule has 0 heterocycles. The summed E-state index contributed by atoms with van der Waals surface area (Å²) >= 11 is 8.92. The largest absolute Gasteiger partial charge is 0.294 e. The normalized spacial score (nSPS) is 10.6. The maximum Gasteiger partial charge on any atom is 0.166 e. The molecule has 1 nitrogen and oxygen atoms in total. The first-order chi connectivity index (χ1) is 9.49. The Bertz CT molecular complexity index is 655. The summed E-state index contributed by atoms with van der Waals surface area (Å²) in [6, 6.07) is 11.0. The van der Waals surface area contributed by atoms with Crippen LogP contribution in [-0.4, -0.2) is 5.78 Å². The van der Waals surface area contributed by atoms with Gasteiger partial charge in [0.25, 0.3) is 0 Å². The first-order valence-corrected chi connectivity index (χ1v) is 7.38. The Morgan fingerprint density at radius 1 is 1.30 bits per heavy atom. The summed E-state index contributed by atoms with van der Waals surface area (Å²) in [4.78, 5) is 12.1. The Labute approximate surface area is 130 Å². The van der Waals surface area contributed by atoms with E-state index >= 15 is 0 Å². The maximum atomic E-state index is 13.9. The van der Waals surface area contributed by atoms with E-state index in [4.69, 9.17) is 11.6 Å². The van der Waals surface area contributed by atoms with Crippen LogP contribution in [0.3, 0.4) is 0 Å². The van der Waals surface area contributed by atoms with E-state index in [2.05, 4.69) is 15.9 Å². The van der Waals surface area contributed by atoms with Gasteiger partial charge < -0.3 is 0 Å². The van der Waals surface area contributed by atoms with Gasteiger partial charge in [0.1, 0.15) is 0 Å². The molecule has 0 aromatic heterocycles. The predicted molar refractivity (Wildman–Crippen MR) is 82.9 cm³/mol. The molecule has 2 aromatic carbocycles. The number of halogens is 3. The van der Waals surface area contributed by atoms with Crippen molar-refractivity contribution in [3.63, 3.8) is 0 Å². The van der Waals surface area contributed by atoms with Gasteiger partial charge in [-0.2, -0.15) is 0 Å². The van der Waals surface area contributed by atoms with Gasteiger partial charge in [0.05, 0.1) is 10.6 Å². The summed E-state index contributed by atoms with van der Waals surface area (Å²) in [5.74, 6) is -0.895. The molecule has 20 heavy (non-hydrogen) atoms. The van der Waals surface area contributed by atoms with Crippen molar-refractivity contribution in [3.05, 3.63) is 68.4 Å². The van der Waals surface area contributed by atoms with Crippen LogP contribution in [0, 0.1) is 12.7 Å². The zero-order chi connectivity index (χ0) is 14.7. The van der Waals surface area contributed by atoms with Crippen LogP contribution in [-0.2, 0) is 6.42 Å². The van der Waals surface area contributed by atoms with Crippen molar-refractivity contribution in [2.45, 2.75) is 19.8 Å². The predicted octanol–water partition coefficient (Wildman–Crippen LogP) is 5.37. The number of carbonyl (C=O) groups is 1. The first kappa shape index (κ1) is 15.2. The molecule has 2 rings (SSSR count). The van der Waals surface area contributed by atoms with Crippen LogP contribution >= 0.6 is 27.5 Å². The molecule has 2 aromatic rings. The van der Waals surface area contributed by atoms with Gasteiger partial charge in [-0.05, 0) is 47.0 Å². The smallest absolute Gasteiger partial charge is 0.166 e. The zero-order valence-electron chi connectivity index (χ0n) is 10.9. The fraction of sp³-hybridized carbons (Fsp3) is 0.188. The van der Waals surface area contributed by atoms with E-state index in [-0.39, 0.29) is 22.8 Å². The van der Waals surface area contributed by atoms with Crippen molar-refractivity contribution in [2.24, 2.45) is 0 Å². The van der Waals surface area contributed by atoms with E-state index < -0.39 is 5.82 Å². The highest BCUT2D eigenvalue weighted by Gasteiger charge is 2.16. The van der Waals surface area contributed by atoms with Crippen LogP contribution in [0.25, 0.3) is 0 Å². The molecule has 0 aliphatic heterocycles. The van der Waals surface area contributed by atoms with Crippen molar-refractivity contribution in [3.8, 4) is 0 Å². The van der Waals surface area contributed by atoms with Gasteiger partial charge in [-0.1, -0.05) is 41.4 Å². The molecule has 104 valence electrons. The minimum absolute atomic E-state index is 0.0471. The van der Waals surface area contributed by atoms with E-state index in [1.807, 2.05) is 31.2 Å². The maximum absolute atomic E-state index is 13.9. The second-order valence-corrected chi connectivity index (χ2v) is 5.87. The number of hydrogen-bond acceptors (Lipinski definition) is 1. The Morgan fingerprint density at radius 3 is 2.75 bits per heavy atom. The van der Waals surface area contributed by atoms with Crippen molar-refractivity contribution in [1.29, 1.82) is 0 Å². The Morgan fingerprint density at radius 2 is 2.05 bits per heavy atom. The van der Waals surface area contributed by atoms with Gasteiger partial charge in [0.15, 0.2) is 11.6 Å². The Hall–Kier alpha value is -1.19. The molecule has 0 aliphatic carbocycles. The van der Waals surface area contributed by atoms with Crippen molar-refractivity contribution < 1.29 is 9.18 Å². The molecule has 0 fully saturated rings. The molecule has 0 amide bonds. The summed E-state index contributed by atoms with van der Waals surface area (Å²) < 4.78 is 14.4. The molecular formula is C16H13BrClFO. The molecule has 0 bridgehead atoms. The number of ketones is 1. The average molecular weight is 356 g/mol. The van der Waals surface area contributed by atoms with Gasteiger partial charge in [-0.15, -0.1) is 0 Å². The molecule has 0 saturated carbocycles. The topological polar surface area (TPSA) is 17.1 Å². The van der Waals surface area contributed by atoms with Crippen molar-refractivity contribution in [1.82, 2.24) is 0 Å². The molecule has 0 radical (unpaired) electrons. The third kappa shape index (κ3) is 3.47. The number of benzene rings is 2. The van der Waals surface area contributed by atoms with E-state index in [0.29, 0.717) is 10.9 Å². The molecular weight excluding hydrogens is 343 g/mol. The fourth-order valence-electron chi connectivity index (χ4n) is 2.00. The lowest BCUT2D eigenvalue weighted by atomic mass is 10.0. The minimum atomic E-state index is -0.657. The molecule has 0 atom stereocenters. The number of carbonyl (C=O) groups excluding carboxylic acids is 1. The second-order valence-electron chi connectivity index (χ2n) is 4.64. The summed E-state index contributed by atoms with van der Waals surface area (Å²) in [6.07, 6.45) is 0.853. The van der Waals surface area contributed by atoms with Crippen molar-refractivity contribution >= 4 is 33.3 Å². The summed E-state index contributed by atoms with van der Waals surface area (Å²) in [5.41, 5.74) is 2.26. The lowest BCUT2D eigenvalue weighted by Crippen LogP contribution is -2.05. The highest BCUT2D eigenvalue weighted by atomic mass is 79.9. The number of Topliss-reactive ketones (excluding diaryl/α,β-unsaturated/α-hetero) is 1. The molecule has 4 heteroatoms. The molecule has 0 spiro atoms. The molecule has 0 N–H and O–H groups in total. The summed E-state index contributed by atoms with van der Waals surface area (Å²) in [6.45, 7) is 2.00. The molecule has 0 saturated heterocycles. The van der Waals surface area contributed by atoms with Crippen LogP contribution in [0.2, 0.25) is 5.02 Å². The zero-order valence-corrected chi connectivity index (χ0v) is 13.3. The van der Waals surface area contributed by atoms with Crippen LogP contribution < -0.4 is 0 Å². The van der Waals surface area contributed by atoms with Crippen LogP contribution in [0.5, 0.6) is 0 Å². The first-order valence-electron chi connectivity index (χ1n) is 6.21. The minimum Gasteiger partial charge on any atom is -0.294 e. The third-order valence-corrected chi connectivity index (χ3v) is 4.32. The van der Waals surface area contributed by atoms with Crippen LogP contribution in [0.1, 0.15) is 27.9 Å². The van der Waals surface area contributed by atoms with Gasteiger partial charge in [0.2, 0.25) is 0 Å². The van der Waals surface area contributed by atoms with E-state index in [1.54, 1.807) is 6.07 Å². The highest BCUT2D eigenvalue weighted by Crippen LogP contribution is 2.28. The molecule has 0 aliphatic rings. The standard InChI is InChI=1S/C16H13BrClFO/c1-10-3-2-4-11(9-10)5-8-14(20)12-6-7-13(17)15(18)16(12)19/h2-4,6-7,9H,5,8H2,1H3. The van der Waals surface area contributed by atoms with E-state index in [0.717, 1.165) is 11.1 Å². The lowest BCUT2D eigenvalue weighted by Gasteiger charge is -2.06. The van der Waals surface area contributed by atoms with Gasteiger partial charge in [0, 0.05) is 10.9 Å². The monoisotopic (exact) mass is 354 g/mol. The molecule has 0 unspecified atom stereocenters. The SMILES string of the molecule is Cc1cccc(CCC(=O)c2ccc(Br)c(Cl)c2F)c1. The third-order valence-electron chi connectivity index (χ3n) is 3.06.